The van der Waals surface area contributed by atoms with E-state index in [-0.39, 0.29) is 0 Å². The molecule has 0 aromatic carbocycles. The molecule has 13 heavy (non-hydrogen) atoms. The Labute approximate surface area is 82.0 Å². The molecule has 2 heteroatoms. The zero-order chi connectivity index (χ0) is 9.52. The summed E-state index contributed by atoms with van der Waals surface area (Å²) in [5.41, 5.74) is 0. The normalized spacial score (nSPS) is 29.1. The first-order valence-electron chi connectivity index (χ1n) is 5.61. The summed E-state index contributed by atoms with van der Waals surface area (Å²) in [6, 6.07) is 0. The fourth-order valence-electron chi connectivity index (χ4n) is 2.01. The minimum atomic E-state index is 0.547. The maximum absolute atomic E-state index is 5.86. The number of hydrogen-bond donors (Lipinski definition) is 1. The third kappa shape index (κ3) is 4.10. The van der Waals surface area contributed by atoms with Gasteiger partial charge in [0.1, 0.15) is 0 Å². The van der Waals surface area contributed by atoms with Crippen molar-refractivity contribution in [3.8, 4) is 0 Å². The van der Waals surface area contributed by atoms with Crippen molar-refractivity contribution in [2.24, 2.45) is 5.92 Å². The molecule has 0 radical (unpaired) electrons. The van der Waals surface area contributed by atoms with Gasteiger partial charge in [0, 0.05) is 6.61 Å². The van der Waals surface area contributed by atoms with Gasteiger partial charge in [-0.1, -0.05) is 19.8 Å². The zero-order valence-electron chi connectivity index (χ0n) is 9.01. The largest absolute Gasteiger partial charge is 0.378 e. The standard InChI is InChI=1S/C11H23NO/c1-10-6-3-4-7-11(10)13-9-5-8-12-2/h10-12H,3-9H2,1-2H3. The van der Waals surface area contributed by atoms with E-state index in [1.165, 1.54) is 25.7 Å². The molecule has 0 saturated heterocycles. The molecule has 1 fully saturated rings. The molecule has 2 nitrogen and oxygen atoms in total. The monoisotopic (exact) mass is 185 g/mol. The Balaban J connectivity index is 2.05. The van der Waals surface area contributed by atoms with Gasteiger partial charge in [0.2, 0.25) is 0 Å². The fraction of sp³-hybridized carbons (Fsp3) is 1.00. The van der Waals surface area contributed by atoms with E-state index >= 15 is 0 Å². The molecule has 0 spiro atoms. The van der Waals surface area contributed by atoms with Gasteiger partial charge in [0.25, 0.3) is 0 Å². The molecular weight excluding hydrogens is 162 g/mol. The maximum atomic E-state index is 5.86. The highest BCUT2D eigenvalue weighted by Gasteiger charge is 2.21. The van der Waals surface area contributed by atoms with Crippen molar-refractivity contribution >= 4 is 0 Å². The van der Waals surface area contributed by atoms with Gasteiger partial charge in [0.15, 0.2) is 0 Å². The Hall–Kier alpha value is -0.0800. The Morgan fingerprint density at radius 1 is 1.31 bits per heavy atom. The van der Waals surface area contributed by atoms with E-state index in [1.807, 2.05) is 7.05 Å². The number of ether oxygens (including phenoxy) is 1. The summed E-state index contributed by atoms with van der Waals surface area (Å²) in [4.78, 5) is 0. The molecule has 0 amide bonds. The molecule has 0 heterocycles. The molecule has 2 unspecified atom stereocenters. The van der Waals surface area contributed by atoms with Gasteiger partial charge in [-0.2, -0.15) is 0 Å². The van der Waals surface area contributed by atoms with Crippen LogP contribution in [0.3, 0.4) is 0 Å². The molecular formula is C11H23NO. The predicted molar refractivity (Wildman–Crippen MR) is 55.9 cm³/mol. The second-order valence-electron chi connectivity index (χ2n) is 4.13. The minimum absolute atomic E-state index is 0.547. The lowest BCUT2D eigenvalue weighted by Gasteiger charge is -2.28. The summed E-state index contributed by atoms with van der Waals surface area (Å²) in [6.07, 6.45) is 7.08. The van der Waals surface area contributed by atoms with Crippen molar-refractivity contribution in [1.29, 1.82) is 0 Å². The number of rotatable bonds is 5. The Bertz CT molecular complexity index is 127. The highest BCUT2D eigenvalue weighted by atomic mass is 16.5. The summed E-state index contributed by atoms with van der Waals surface area (Å²) in [5.74, 6) is 0.781. The highest BCUT2D eigenvalue weighted by Crippen LogP contribution is 2.26. The Morgan fingerprint density at radius 2 is 2.08 bits per heavy atom. The lowest BCUT2D eigenvalue weighted by Crippen LogP contribution is -2.26. The van der Waals surface area contributed by atoms with Crippen LogP contribution in [0.5, 0.6) is 0 Å². The van der Waals surface area contributed by atoms with Crippen LogP contribution in [0.2, 0.25) is 0 Å². The SMILES string of the molecule is CNCCCOC1CCCCC1C. The minimum Gasteiger partial charge on any atom is -0.378 e. The molecule has 1 N–H and O–H groups in total. The van der Waals surface area contributed by atoms with E-state index in [0.717, 1.165) is 25.5 Å². The second kappa shape index (κ2) is 6.39. The molecule has 0 aromatic rings. The highest BCUT2D eigenvalue weighted by molar-refractivity contribution is 4.72. The first-order valence-corrected chi connectivity index (χ1v) is 5.61. The van der Waals surface area contributed by atoms with Crippen LogP contribution in [0.15, 0.2) is 0 Å². The smallest absolute Gasteiger partial charge is 0.0600 e. The van der Waals surface area contributed by atoms with Gasteiger partial charge in [-0.3, -0.25) is 0 Å². The van der Waals surface area contributed by atoms with Crippen molar-refractivity contribution in [3.05, 3.63) is 0 Å². The van der Waals surface area contributed by atoms with Gasteiger partial charge >= 0.3 is 0 Å². The predicted octanol–water partition coefficient (Wildman–Crippen LogP) is 2.19. The van der Waals surface area contributed by atoms with E-state index in [1.54, 1.807) is 0 Å². The summed E-state index contributed by atoms with van der Waals surface area (Å²) in [5, 5.41) is 3.14. The van der Waals surface area contributed by atoms with Crippen LogP contribution in [0, 0.1) is 5.92 Å². The van der Waals surface area contributed by atoms with Crippen molar-refractivity contribution in [2.75, 3.05) is 20.2 Å². The van der Waals surface area contributed by atoms with Crippen LogP contribution in [-0.2, 0) is 4.74 Å². The van der Waals surface area contributed by atoms with Crippen LogP contribution >= 0.6 is 0 Å². The van der Waals surface area contributed by atoms with Gasteiger partial charge < -0.3 is 10.1 Å². The first kappa shape index (κ1) is 11.0. The van der Waals surface area contributed by atoms with Crippen molar-refractivity contribution < 1.29 is 4.74 Å². The quantitative estimate of drug-likeness (QED) is 0.663. The average molecular weight is 185 g/mol. The molecule has 1 rings (SSSR count). The summed E-state index contributed by atoms with van der Waals surface area (Å²) < 4.78 is 5.86. The maximum Gasteiger partial charge on any atom is 0.0600 e. The topological polar surface area (TPSA) is 21.3 Å². The Morgan fingerprint density at radius 3 is 2.77 bits per heavy atom. The molecule has 0 bridgehead atoms. The Kier molecular flexibility index (Phi) is 5.40. The molecule has 1 aliphatic rings. The van der Waals surface area contributed by atoms with Gasteiger partial charge in [-0.05, 0) is 38.8 Å². The van der Waals surface area contributed by atoms with Crippen molar-refractivity contribution in [2.45, 2.75) is 45.1 Å². The van der Waals surface area contributed by atoms with Crippen molar-refractivity contribution in [3.63, 3.8) is 0 Å². The van der Waals surface area contributed by atoms with Crippen LogP contribution in [-0.4, -0.2) is 26.3 Å². The number of hydrogen-bond acceptors (Lipinski definition) is 2. The van der Waals surface area contributed by atoms with E-state index in [9.17, 15) is 0 Å². The van der Waals surface area contributed by atoms with Crippen LogP contribution in [0.1, 0.15) is 39.0 Å². The van der Waals surface area contributed by atoms with Gasteiger partial charge in [0.05, 0.1) is 6.10 Å². The molecule has 1 aliphatic carbocycles. The molecule has 1 saturated carbocycles. The van der Waals surface area contributed by atoms with Crippen LogP contribution in [0.25, 0.3) is 0 Å². The van der Waals surface area contributed by atoms with E-state index in [4.69, 9.17) is 4.74 Å². The molecule has 0 aromatic heterocycles. The van der Waals surface area contributed by atoms with Crippen LogP contribution in [0.4, 0.5) is 0 Å². The molecule has 2 atom stereocenters. The lowest BCUT2D eigenvalue weighted by atomic mass is 9.88. The average Bonchev–Trinajstić information content (AvgIpc) is 2.15. The van der Waals surface area contributed by atoms with E-state index in [0.29, 0.717) is 6.10 Å². The summed E-state index contributed by atoms with van der Waals surface area (Å²) >= 11 is 0. The molecule has 78 valence electrons. The van der Waals surface area contributed by atoms with E-state index in [2.05, 4.69) is 12.2 Å². The van der Waals surface area contributed by atoms with Crippen LogP contribution < -0.4 is 5.32 Å². The summed E-state index contributed by atoms with van der Waals surface area (Å²) in [7, 11) is 1.99. The third-order valence-corrected chi connectivity index (χ3v) is 2.94. The van der Waals surface area contributed by atoms with E-state index < -0.39 is 0 Å². The zero-order valence-corrected chi connectivity index (χ0v) is 9.01. The lowest BCUT2D eigenvalue weighted by molar-refractivity contribution is -0.00560. The third-order valence-electron chi connectivity index (χ3n) is 2.94. The summed E-state index contributed by atoms with van der Waals surface area (Å²) in [6.45, 7) is 4.32. The number of nitrogens with one attached hydrogen (secondary N) is 1. The fourth-order valence-corrected chi connectivity index (χ4v) is 2.01. The second-order valence-corrected chi connectivity index (χ2v) is 4.13. The first-order chi connectivity index (χ1) is 6.34. The van der Waals surface area contributed by atoms with Gasteiger partial charge in [-0.25, -0.2) is 0 Å². The van der Waals surface area contributed by atoms with Gasteiger partial charge in [-0.15, -0.1) is 0 Å². The molecule has 0 aliphatic heterocycles. The van der Waals surface area contributed by atoms with Crippen molar-refractivity contribution in [1.82, 2.24) is 5.32 Å².